The van der Waals surface area contributed by atoms with Gasteiger partial charge in [0.15, 0.2) is 6.61 Å². The molecule has 2 aromatic carbocycles. The van der Waals surface area contributed by atoms with Crippen molar-refractivity contribution in [3.8, 4) is 11.5 Å². The van der Waals surface area contributed by atoms with Crippen LogP contribution in [0.3, 0.4) is 0 Å². The number of benzene rings is 2. The van der Waals surface area contributed by atoms with Crippen molar-refractivity contribution >= 4 is 28.5 Å². The number of aromatic nitrogens is 2. The Bertz CT molecular complexity index is 1100. The molecule has 0 aliphatic heterocycles. The van der Waals surface area contributed by atoms with Gasteiger partial charge in [-0.2, -0.15) is 0 Å². The van der Waals surface area contributed by atoms with Crippen LogP contribution in [0.1, 0.15) is 22.0 Å². The number of ether oxygens (including phenoxy) is 1. The third-order valence-corrected chi connectivity index (χ3v) is 3.97. The first-order chi connectivity index (χ1) is 12.6. The van der Waals surface area contributed by atoms with Gasteiger partial charge < -0.3 is 13.6 Å². The lowest BCUT2D eigenvalue weighted by Crippen LogP contribution is -2.04. The Morgan fingerprint density at radius 2 is 2.00 bits per heavy atom. The van der Waals surface area contributed by atoms with Crippen molar-refractivity contribution in [3.63, 3.8) is 0 Å². The molecule has 0 fully saturated rings. The number of furan rings is 1. The minimum absolute atomic E-state index is 0.0840. The van der Waals surface area contributed by atoms with Gasteiger partial charge in [-0.25, -0.2) is 4.79 Å². The molecule has 0 amide bonds. The first-order valence-corrected chi connectivity index (χ1v) is 8.22. The van der Waals surface area contributed by atoms with E-state index in [9.17, 15) is 4.79 Å². The smallest absolute Gasteiger partial charge is 0.374 e. The van der Waals surface area contributed by atoms with E-state index < -0.39 is 5.97 Å². The van der Waals surface area contributed by atoms with Gasteiger partial charge in [-0.05, 0) is 43.3 Å². The molecule has 2 heterocycles. The molecule has 4 rings (SSSR count). The molecule has 0 aliphatic rings. The van der Waals surface area contributed by atoms with E-state index in [1.165, 1.54) is 0 Å². The summed E-state index contributed by atoms with van der Waals surface area (Å²) < 4.78 is 16.2. The zero-order valence-electron chi connectivity index (χ0n) is 13.7. The van der Waals surface area contributed by atoms with Crippen LogP contribution in [-0.4, -0.2) is 16.2 Å². The zero-order valence-corrected chi connectivity index (χ0v) is 14.5. The Morgan fingerprint density at radius 1 is 1.12 bits per heavy atom. The number of carbonyl (C=O) groups is 1. The van der Waals surface area contributed by atoms with Crippen LogP contribution in [0, 0.1) is 6.92 Å². The van der Waals surface area contributed by atoms with Gasteiger partial charge in [-0.3, -0.25) is 0 Å². The second-order valence-corrected chi connectivity index (χ2v) is 6.18. The van der Waals surface area contributed by atoms with E-state index in [2.05, 4.69) is 10.2 Å². The van der Waals surface area contributed by atoms with Crippen LogP contribution >= 0.6 is 11.6 Å². The van der Waals surface area contributed by atoms with E-state index in [1.807, 2.05) is 31.2 Å². The number of rotatable bonds is 4. The van der Waals surface area contributed by atoms with Crippen molar-refractivity contribution in [2.24, 2.45) is 0 Å². The molecule has 4 aromatic rings. The maximum absolute atomic E-state index is 12.2. The molecular weight excluding hydrogens is 356 g/mol. The number of carbonyl (C=O) groups excluding carboxylic acids is 1. The Balaban J connectivity index is 1.45. The predicted octanol–water partition coefficient (Wildman–Crippen LogP) is 4.80. The Morgan fingerprint density at radius 3 is 2.85 bits per heavy atom. The van der Waals surface area contributed by atoms with Crippen molar-refractivity contribution in [1.82, 2.24) is 10.2 Å². The molecule has 0 bridgehead atoms. The van der Waals surface area contributed by atoms with Gasteiger partial charge in [0.05, 0.1) is 0 Å². The minimum atomic E-state index is -0.618. The summed E-state index contributed by atoms with van der Waals surface area (Å²) >= 11 is 5.93. The summed E-state index contributed by atoms with van der Waals surface area (Å²) in [6, 6.07) is 14.4. The molecule has 0 N–H and O–H groups in total. The molecule has 0 saturated heterocycles. The largest absolute Gasteiger partial charge is 0.450 e. The highest BCUT2D eigenvalue weighted by molar-refractivity contribution is 6.31. The van der Waals surface area contributed by atoms with Crippen LogP contribution < -0.4 is 0 Å². The van der Waals surface area contributed by atoms with Gasteiger partial charge in [-0.15, -0.1) is 10.2 Å². The van der Waals surface area contributed by atoms with Crippen LogP contribution in [0.15, 0.2) is 57.4 Å². The monoisotopic (exact) mass is 368 g/mol. The van der Waals surface area contributed by atoms with E-state index in [0.717, 1.165) is 16.5 Å². The molecule has 0 saturated carbocycles. The Kier molecular flexibility index (Phi) is 4.18. The van der Waals surface area contributed by atoms with E-state index in [0.29, 0.717) is 16.5 Å². The summed E-state index contributed by atoms with van der Waals surface area (Å²) in [7, 11) is 0. The fraction of sp³-hybridized carbons (Fsp3) is 0.105. The minimum Gasteiger partial charge on any atom is -0.450 e. The maximum atomic E-state index is 12.2. The first-order valence-electron chi connectivity index (χ1n) is 7.84. The highest BCUT2D eigenvalue weighted by Gasteiger charge is 2.16. The number of halogens is 1. The SMILES string of the molecule is Cc1cccc(-c2nnc(COC(=O)c3cc4cc(Cl)ccc4o3)o2)c1. The molecule has 0 spiro atoms. The normalized spacial score (nSPS) is 11.0. The third-order valence-electron chi connectivity index (χ3n) is 3.74. The van der Waals surface area contributed by atoms with Crippen LogP contribution in [0.4, 0.5) is 0 Å². The Hall–Kier alpha value is -3.12. The predicted molar refractivity (Wildman–Crippen MR) is 94.8 cm³/mol. The molecule has 0 unspecified atom stereocenters. The molecule has 0 atom stereocenters. The molecule has 2 aromatic heterocycles. The Labute approximate surface area is 153 Å². The van der Waals surface area contributed by atoms with Crippen molar-refractivity contribution in [2.75, 3.05) is 0 Å². The van der Waals surface area contributed by atoms with Crippen molar-refractivity contribution in [2.45, 2.75) is 13.5 Å². The fourth-order valence-electron chi connectivity index (χ4n) is 2.52. The van der Waals surface area contributed by atoms with Gasteiger partial charge in [0.25, 0.3) is 5.89 Å². The van der Waals surface area contributed by atoms with Gasteiger partial charge in [0.2, 0.25) is 11.7 Å². The summed E-state index contributed by atoms with van der Waals surface area (Å²) in [5, 5.41) is 9.17. The third kappa shape index (κ3) is 3.32. The lowest BCUT2D eigenvalue weighted by molar-refractivity contribution is 0.0405. The molecule has 0 aliphatic carbocycles. The number of nitrogens with zero attached hydrogens (tertiary/aromatic N) is 2. The zero-order chi connectivity index (χ0) is 18.1. The number of hydrogen-bond donors (Lipinski definition) is 0. The van der Waals surface area contributed by atoms with Crippen LogP contribution in [0.2, 0.25) is 5.02 Å². The molecule has 0 radical (unpaired) electrons. The summed E-state index contributed by atoms with van der Waals surface area (Å²) in [4.78, 5) is 12.2. The lowest BCUT2D eigenvalue weighted by atomic mass is 10.1. The molecule has 26 heavy (non-hydrogen) atoms. The van der Waals surface area contributed by atoms with E-state index >= 15 is 0 Å². The standard InChI is InChI=1S/C19H13ClN2O4/c1-11-3-2-4-12(7-11)18-22-21-17(26-18)10-24-19(23)16-9-13-8-14(20)5-6-15(13)25-16/h2-9H,10H2,1H3. The summed E-state index contributed by atoms with van der Waals surface area (Å²) in [5.74, 6) is 0.0421. The maximum Gasteiger partial charge on any atom is 0.374 e. The highest BCUT2D eigenvalue weighted by atomic mass is 35.5. The molecule has 6 nitrogen and oxygen atoms in total. The van der Waals surface area contributed by atoms with Crippen molar-refractivity contribution < 1.29 is 18.4 Å². The van der Waals surface area contributed by atoms with Crippen molar-refractivity contribution in [3.05, 3.63) is 70.8 Å². The first kappa shape index (κ1) is 16.4. The van der Waals surface area contributed by atoms with Gasteiger partial charge in [0.1, 0.15) is 5.58 Å². The van der Waals surface area contributed by atoms with Crippen molar-refractivity contribution in [1.29, 1.82) is 0 Å². The highest BCUT2D eigenvalue weighted by Crippen LogP contribution is 2.24. The summed E-state index contributed by atoms with van der Waals surface area (Å²) in [6.07, 6.45) is 0. The molecule has 7 heteroatoms. The van der Waals surface area contributed by atoms with E-state index in [-0.39, 0.29) is 18.3 Å². The number of aryl methyl sites for hydroxylation is 1. The number of fused-ring (bicyclic) bond motifs is 1. The number of hydrogen-bond acceptors (Lipinski definition) is 6. The summed E-state index contributed by atoms with van der Waals surface area (Å²) in [5.41, 5.74) is 2.45. The van der Waals surface area contributed by atoms with Crippen LogP contribution in [-0.2, 0) is 11.3 Å². The van der Waals surface area contributed by atoms with Gasteiger partial charge >= 0.3 is 5.97 Å². The summed E-state index contributed by atoms with van der Waals surface area (Å²) in [6.45, 7) is 1.83. The van der Waals surface area contributed by atoms with Crippen LogP contribution in [0.25, 0.3) is 22.4 Å². The quantitative estimate of drug-likeness (QED) is 0.481. The van der Waals surface area contributed by atoms with Gasteiger partial charge in [-0.1, -0.05) is 29.3 Å². The van der Waals surface area contributed by atoms with Crippen LogP contribution in [0.5, 0.6) is 0 Å². The molecule has 130 valence electrons. The second-order valence-electron chi connectivity index (χ2n) is 5.74. The van der Waals surface area contributed by atoms with E-state index in [4.69, 9.17) is 25.2 Å². The fourth-order valence-corrected chi connectivity index (χ4v) is 2.70. The second kappa shape index (κ2) is 6.65. The average Bonchev–Trinajstić information content (AvgIpc) is 3.26. The average molecular weight is 369 g/mol. The topological polar surface area (TPSA) is 78.4 Å². The van der Waals surface area contributed by atoms with Gasteiger partial charge in [0, 0.05) is 16.0 Å². The molecular formula is C19H13ClN2O4. The lowest BCUT2D eigenvalue weighted by Gasteiger charge is -1.98. The number of esters is 1. The van der Waals surface area contributed by atoms with E-state index in [1.54, 1.807) is 24.3 Å².